The van der Waals surface area contributed by atoms with Crippen LogP contribution in [0.4, 0.5) is 0 Å². The molecule has 0 bridgehead atoms. The predicted octanol–water partition coefficient (Wildman–Crippen LogP) is 7.35. The maximum absolute atomic E-state index is 6.29. The number of hydrogen-bond acceptors (Lipinski definition) is 1. The molecule has 0 radical (unpaired) electrons. The molecule has 1 aromatic carbocycles. The van der Waals surface area contributed by atoms with E-state index in [1.54, 1.807) is 0 Å². The molecule has 0 aliphatic heterocycles. The van der Waals surface area contributed by atoms with Gasteiger partial charge in [0.2, 0.25) is 0 Å². The fourth-order valence-electron chi connectivity index (χ4n) is 3.37. The maximum atomic E-state index is 6.29. The smallest absolute Gasteiger partial charge is 0.122 e. The minimum absolute atomic E-state index is 0.696. The molecule has 0 amide bonds. The highest BCUT2D eigenvalue weighted by molar-refractivity contribution is 5.37. The Hall–Kier alpha value is -0.980. The third kappa shape index (κ3) is 7.73. The molecule has 0 heterocycles. The van der Waals surface area contributed by atoms with Gasteiger partial charge in [-0.15, -0.1) is 0 Å². The molecular formula is C23H40O. The Labute approximate surface area is 151 Å². The van der Waals surface area contributed by atoms with E-state index in [9.17, 15) is 0 Å². The highest BCUT2D eigenvalue weighted by Crippen LogP contribution is 2.27. The summed E-state index contributed by atoms with van der Waals surface area (Å²) in [7, 11) is 0. The van der Waals surface area contributed by atoms with Gasteiger partial charge in [0.15, 0.2) is 0 Å². The second kappa shape index (κ2) is 12.4. The van der Waals surface area contributed by atoms with Gasteiger partial charge in [-0.2, -0.15) is 0 Å². The molecule has 0 aliphatic carbocycles. The largest absolute Gasteiger partial charge is 0.493 e. The molecule has 1 aromatic rings. The summed E-state index contributed by atoms with van der Waals surface area (Å²) in [5.41, 5.74) is 2.77. The van der Waals surface area contributed by atoms with Crippen LogP contribution in [0.25, 0.3) is 0 Å². The van der Waals surface area contributed by atoms with Crippen molar-refractivity contribution in [2.24, 2.45) is 11.8 Å². The number of benzene rings is 1. The molecule has 138 valence electrons. The first-order valence-corrected chi connectivity index (χ1v) is 10.4. The molecule has 1 heteroatoms. The van der Waals surface area contributed by atoms with Gasteiger partial charge in [0.1, 0.15) is 5.75 Å². The van der Waals surface area contributed by atoms with Crippen LogP contribution in [0, 0.1) is 18.8 Å². The Morgan fingerprint density at radius 1 is 0.875 bits per heavy atom. The Bertz CT molecular complexity index is 438. The van der Waals surface area contributed by atoms with Gasteiger partial charge in [-0.05, 0) is 43.2 Å². The zero-order valence-corrected chi connectivity index (χ0v) is 16.9. The molecular weight excluding hydrogens is 292 g/mol. The van der Waals surface area contributed by atoms with Crippen LogP contribution in [0.3, 0.4) is 0 Å². The second-order valence-electron chi connectivity index (χ2n) is 7.46. The number of hydrogen-bond donors (Lipinski definition) is 0. The standard InChI is InChI=1S/C23H40O/c1-6-10-12-20(8-3)17-22-16-19(5)14-15-23(22)24-18-21(9-4)13-11-7-2/h14-16,20-21H,6-13,17-18H2,1-5H3. The van der Waals surface area contributed by atoms with Gasteiger partial charge >= 0.3 is 0 Å². The summed E-state index contributed by atoms with van der Waals surface area (Å²) < 4.78 is 6.29. The molecule has 2 unspecified atom stereocenters. The third-order valence-corrected chi connectivity index (χ3v) is 5.29. The van der Waals surface area contributed by atoms with E-state index >= 15 is 0 Å². The summed E-state index contributed by atoms with van der Waals surface area (Å²) in [6.07, 6.45) is 11.5. The average Bonchev–Trinajstić information content (AvgIpc) is 2.60. The highest BCUT2D eigenvalue weighted by Gasteiger charge is 2.13. The Kier molecular flexibility index (Phi) is 10.9. The summed E-state index contributed by atoms with van der Waals surface area (Å²) in [5, 5.41) is 0. The van der Waals surface area contributed by atoms with Crippen molar-refractivity contribution in [2.45, 2.75) is 92.4 Å². The second-order valence-corrected chi connectivity index (χ2v) is 7.46. The van der Waals surface area contributed by atoms with E-state index in [0.717, 1.165) is 18.3 Å². The van der Waals surface area contributed by atoms with Crippen molar-refractivity contribution in [2.75, 3.05) is 6.61 Å². The van der Waals surface area contributed by atoms with Crippen LogP contribution >= 0.6 is 0 Å². The van der Waals surface area contributed by atoms with Crippen LogP contribution in [0.15, 0.2) is 18.2 Å². The lowest BCUT2D eigenvalue weighted by Gasteiger charge is -2.20. The van der Waals surface area contributed by atoms with E-state index in [4.69, 9.17) is 4.74 Å². The van der Waals surface area contributed by atoms with Crippen LogP contribution in [-0.4, -0.2) is 6.61 Å². The number of ether oxygens (including phenoxy) is 1. The molecule has 1 rings (SSSR count). The van der Waals surface area contributed by atoms with Crippen molar-refractivity contribution in [3.8, 4) is 5.75 Å². The fourth-order valence-corrected chi connectivity index (χ4v) is 3.37. The molecule has 1 nitrogen and oxygen atoms in total. The minimum atomic E-state index is 0.696. The lowest BCUT2D eigenvalue weighted by Crippen LogP contribution is -2.13. The van der Waals surface area contributed by atoms with E-state index in [-0.39, 0.29) is 0 Å². The van der Waals surface area contributed by atoms with Gasteiger partial charge in [-0.1, -0.05) is 90.3 Å². The normalized spacial score (nSPS) is 13.7. The number of rotatable bonds is 13. The molecule has 0 saturated carbocycles. The van der Waals surface area contributed by atoms with Crippen LogP contribution in [-0.2, 0) is 6.42 Å². The Morgan fingerprint density at radius 2 is 1.50 bits per heavy atom. The molecule has 0 spiro atoms. The quantitative estimate of drug-likeness (QED) is 0.367. The Balaban J connectivity index is 2.72. The van der Waals surface area contributed by atoms with E-state index in [1.165, 1.54) is 68.9 Å². The lowest BCUT2D eigenvalue weighted by molar-refractivity contribution is 0.230. The van der Waals surface area contributed by atoms with Crippen molar-refractivity contribution in [1.82, 2.24) is 0 Å². The highest BCUT2D eigenvalue weighted by atomic mass is 16.5. The van der Waals surface area contributed by atoms with E-state index < -0.39 is 0 Å². The molecule has 0 aromatic heterocycles. The van der Waals surface area contributed by atoms with Crippen molar-refractivity contribution >= 4 is 0 Å². The summed E-state index contributed by atoms with van der Waals surface area (Å²) in [5.74, 6) is 2.61. The summed E-state index contributed by atoms with van der Waals surface area (Å²) >= 11 is 0. The first-order valence-electron chi connectivity index (χ1n) is 10.4. The summed E-state index contributed by atoms with van der Waals surface area (Å²) in [6.45, 7) is 12.2. The zero-order chi connectivity index (χ0) is 17.8. The van der Waals surface area contributed by atoms with Crippen LogP contribution < -0.4 is 4.74 Å². The van der Waals surface area contributed by atoms with Gasteiger partial charge in [-0.3, -0.25) is 0 Å². The van der Waals surface area contributed by atoms with Crippen LogP contribution in [0.5, 0.6) is 5.75 Å². The van der Waals surface area contributed by atoms with Crippen molar-refractivity contribution in [3.05, 3.63) is 29.3 Å². The first kappa shape index (κ1) is 21.1. The average molecular weight is 333 g/mol. The fraction of sp³-hybridized carbons (Fsp3) is 0.739. The lowest BCUT2D eigenvalue weighted by atomic mass is 9.91. The summed E-state index contributed by atoms with van der Waals surface area (Å²) in [4.78, 5) is 0. The first-order chi connectivity index (χ1) is 11.6. The van der Waals surface area contributed by atoms with Gasteiger partial charge in [0, 0.05) is 0 Å². The van der Waals surface area contributed by atoms with Gasteiger partial charge in [0.05, 0.1) is 6.61 Å². The predicted molar refractivity (Wildman–Crippen MR) is 107 cm³/mol. The van der Waals surface area contributed by atoms with Crippen molar-refractivity contribution < 1.29 is 4.74 Å². The summed E-state index contributed by atoms with van der Waals surface area (Å²) in [6, 6.07) is 6.74. The van der Waals surface area contributed by atoms with E-state index in [0.29, 0.717) is 5.92 Å². The molecule has 0 aliphatic rings. The zero-order valence-electron chi connectivity index (χ0n) is 16.9. The van der Waals surface area contributed by atoms with Gasteiger partial charge in [0.25, 0.3) is 0 Å². The molecule has 0 fully saturated rings. The van der Waals surface area contributed by atoms with Gasteiger partial charge in [-0.25, -0.2) is 0 Å². The Morgan fingerprint density at radius 3 is 2.08 bits per heavy atom. The van der Waals surface area contributed by atoms with Gasteiger partial charge < -0.3 is 4.74 Å². The molecule has 0 N–H and O–H groups in total. The number of unbranched alkanes of at least 4 members (excludes halogenated alkanes) is 2. The van der Waals surface area contributed by atoms with Crippen molar-refractivity contribution in [1.29, 1.82) is 0 Å². The van der Waals surface area contributed by atoms with E-state index in [2.05, 4.69) is 52.8 Å². The molecule has 2 atom stereocenters. The van der Waals surface area contributed by atoms with Crippen LogP contribution in [0.1, 0.15) is 90.2 Å². The van der Waals surface area contributed by atoms with Crippen molar-refractivity contribution in [3.63, 3.8) is 0 Å². The third-order valence-electron chi connectivity index (χ3n) is 5.29. The topological polar surface area (TPSA) is 9.23 Å². The van der Waals surface area contributed by atoms with Crippen LogP contribution in [0.2, 0.25) is 0 Å². The molecule has 0 saturated heterocycles. The number of aryl methyl sites for hydroxylation is 1. The monoisotopic (exact) mass is 332 g/mol. The van der Waals surface area contributed by atoms with E-state index in [1.807, 2.05) is 0 Å². The SMILES string of the molecule is CCCCC(CC)COc1ccc(C)cc1CC(CC)CCCC. The molecule has 24 heavy (non-hydrogen) atoms. The maximum Gasteiger partial charge on any atom is 0.122 e. The minimum Gasteiger partial charge on any atom is -0.493 e.